The number of nitrogens with one attached hydrogen (secondary N) is 1. The van der Waals surface area contributed by atoms with Crippen LogP contribution in [-0.2, 0) is 4.79 Å². The van der Waals surface area contributed by atoms with Gasteiger partial charge in [0, 0.05) is 31.4 Å². The number of carbonyl (C=O) groups excluding carboxylic acids is 2. The molecule has 0 aromatic carbocycles. The van der Waals surface area contributed by atoms with Crippen LogP contribution < -0.4 is 5.32 Å². The molecule has 1 saturated heterocycles. The highest BCUT2D eigenvalue weighted by Crippen LogP contribution is 2.18. The molecule has 1 aliphatic heterocycles. The predicted octanol–water partition coefficient (Wildman–Crippen LogP) is 0.442. The third-order valence-electron chi connectivity index (χ3n) is 3.02. The van der Waals surface area contributed by atoms with Crippen molar-refractivity contribution in [1.29, 1.82) is 0 Å². The van der Waals surface area contributed by atoms with E-state index < -0.39 is 0 Å². The van der Waals surface area contributed by atoms with Gasteiger partial charge in [-0.2, -0.15) is 0 Å². The molecular formula is C14H16N2O3S. The zero-order chi connectivity index (χ0) is 14.5. The number of amides is 2. The van der Waals surface area contributed by atoms with Crippen molar-refractivity contribution in [2.45, 2.75) is 19.4 Å². The zero-order valence-corrected chi connectivity index (χ0v) is 12.0. The van der Waals surface area contributed by atoms with Crippen molar-refractivity contribution in [1.82, 2.24) is 10.2 Å². The first kappa shape index (κ1) is 14.6. The average Bonchev–Trinajstić information content (AvgIpc) is 3.04. The van der Waals surface area contributed by atoms with E-state index in [0.717, 1.165) is 11.3 Å². The maximum atomic E-state index is 12.3. The van der Waals surface area contributed by atoms with Gasteiger partial charge < -0.3 is 15.3 Å². The van der Waals surface area contributed by atoms with Gasteiger partial charge >= 0.3 is 0 Å². The van der Waals surface area contributed by atoms with E-state index in [1.165, 1.54) is 18.3 Å². The summed E-state index contributed by atoms with van der Waals surface area (Å²) in [6.07, 6.45) is 0.784. The Kier molecular flexibility index (Phi) is 4.77. The maximum absolute atomic E-state index is 12.3. The molecule has 1 aromatic heterocycles. The van der Waals surface area contributed by atoms with Gasteiger partial charge in [-0.05, 0) is 12.5 Å². The Morgan fingerprint density at radius 3 is 3.10 bits per heavy atom. The SMILES string of the molecule is CC(=O)NC1CCN(C(=O)c2csc(C#CCO)c2)C1. The van der Waals surface area contributed by atoms with Crippen LogP contribution in [0.5, 0.6) is 0 Å². The Morgan fingerprint density at radius 1 is 1.60 bits per heavy atom. The number of nitrogens with zero attached hydrogens (tertiary/aromatic N) is 1. The van der Waals surface area contributed by atoms with Crippen LogP contribution in [-0.4, -0.2) is 47.6 Å². The number of hydrogen-bond acceptors (Lipinski definition) is 4. The van der Waals surface area contributed by atoms with Crippen molar-refractivity contribution in [3.8, 4) is 11.8 Å². The van der Waals surface area contributed by atoms with Crippen molar-refractivity contribution in [2.75, 3.05) is 19.7 Å². The van der Waals surface area contributed by atoms with Gasteiger partial charge in [-0.3, -0.25) is 9.59 Å². The highest BCUT2D eigenvalue weighted by atomic mass is 32.1. The lowest BCUT2D eigenvalue weighted by Gasteiger charge is -2.15. The summed E-state index contributed by atoms with van der Waals surface area (Å²) in [6.45, 7) is 2.49. The van der Waals surface area contributed by atoms with E-state index in [9.17, 15) is 9.59 Å². The summed E-state index contributed by atoms with van der Waals surface area (Å²) in [5.41, 5.74) is 0.612. The third-order valence-corrected chi connectivity index (χ3v) is 3.87. The summed E-state index contributed by atoms with van der Waals surface area (Å²) in [5.74, 6) is 5.24. The minimum absolute atomic E-state index is 0.0360. The van der Waals surface area contributed by atoms with Gasteiger partial charge in [0.25, 0.3) is 5.91 Å². The predicted molar refractivity (Wildman–Crippen MR) is 76.4 cm³/mol. The van der Waals surface area contributed by atoms with Crippen LogP contribution >= 0.6 is 11.3 Å². The molecule has 1 aliphatic rings. The van der Waals surface area contributed by atoms with Crippen LogP contribution in [0.1, 0.15) is 28.6 Å². The van der Waals surface area contributed by atoms with Crippen molar-refractivity contribution in [2.24, 2.45) is 0 Å². The minimum atomic E-state index is -0.189. The lowest BCUT2D eigenvalue weighted by atomic mass is 10.2. The number of aliphatic hydroxyl groups is 1. The Bertz CT molecular complexity index is 570. The van der Waals surface area contributed by atoms with Crippen molar-refractivity contribution in [3.63, 3.8) is 0 Å². The van der Waals surface area contributed by atoms with E-state index in [2.05, 4.69) is 17.2 Å². The summed E-state index contributed by atoms with van der Waals surface area (Å²) in [7, 11) is 0. The first-order valence-corrected chi connectivity index (χ1v) is 7.22. The topological polar surface area (TPSA) is 69.6 Å². The lowest BCUT2D eigenvalue weighted by molar-refractivity contribution is -0.119. The molecule has 1 fully saturated rings. The molecule has 20 heavy (non-hydrogen) atoms. The number of hydrogen-bond donors (Lipinski definition) is 2. The zero-order valence-electron chi connectivity index (χ0n) is 11.2. The Labute approximate surface area is 121 Å². The van der Waals surface area contributed by atoms with E-state index in [4.69, 9.17) is 5.11 Å². The molecule has 106 valence electrons. The Morgan fingerprint density at radius 2 is 2.40 bits per heavy atom. The van der Waals surface area contributed by atoms with Crippen LogP contribution in [0.3, 0.4) is 0 Å². The highest BCUT2D eigenvalue weighted by Gasteiger charge is 2.27. The van der Waals surface area contributed by atoms with Gasteiger partial charge in [-0.15, -0.1) is 11.3 Å². The molecule has 0 spiro atoms. The number of rotatable bonds is 2. The smallest absolute Gasteiger partial charge is 0.254 e. The molecule has 1 aromatic rings. The molecule has 0 radical (unpaired) electrons. The highest BCUT2D eigenvalue weighted by molar-refractivity contribution is 7.10. The molecule has 2 rings (SSSR count). The molecular weight excluding hydrogens is 276 g/mol. The van der Waals surface area contributed by atoms with E-state index in [1.807, 2.05) is 0 Å². The maximum Gasteiger partial charge on any atom is 0.254 e. The van der Waals surface area contributed by atoms with Crippen LogP contribution in [0.25, 0.3) is 0 Å². The monoisotopic (exact) mass is 292 g/mol. The first-order valence-electron chi connectivity index (χ1n) is 6.35. The first-order chi connectivity index (χ1) is 9.60. The van der Waals surface area contributed by atoms with Crippen LogP contribution in [0, 0.1) is 11.8 Å². The summed E-state index contributed by atoms with van der Waals surface area (Å²) >= 11 is 1.39. The van der Waals surface area contributed by atoms with E-state index in [1.54, 1.807) is 16.3 Å². The standard InChI is InChI=1S/C14H16N2O3S/c1-10(18)15-12-4-5-16(8-12)14(19)11-7-13(20-9-11)3-2-6-17/h7,9,12,17H,4-6,8H2,1H3,(H,15,18). The van der Waals surface area contributed by atoms with E-state index in [-0.39, 0.29) is 24.5 Å². The van der Waals surface area contributed by atoms with E-state index >= 15 is 0 Å². The average molecular weight is 292 g/mol. The van der Waals surface area contributed by atoms with Crippen molar-refractivity contribution >= 4 is 23.2 Å². The number of aliphatic hydroxyl groups excluding tert-OH is 1. The molecule has 0 aliphatic carbocycles. The Hall–Kier alpha value is -1.84. The summed E-state index contributed by atoms with van der Waals surface area (Å²) in [6, 6.07) is 1.78. The fourth-order valence-corrected chi connectivity index (χ4v) is 2.92. The minimum Gasteiger partial charge on any atom is -0.384 e. The van der Waals surface area contributed by atoms with Crippen LogP contribution in [0.15, 0.2) is 11.4 Å². The molecule has 6 heteroatoms. The van der Waals surface area contributed by atoms with Gasteiger partial charge in [0.1, 0.15) is 6.61 Å². The quantitative estimate of drug-likeness (QED) is 0.777. The van der Waals surface area contributed by atoms with E-state index in [0.29, 0.717) is 18.7 Å². The third kappa shape index (κ3) is 3.59. The molecule has 2 heterocycles. The van der Waals surface area contributed by atoms with Crippen molar-refractivity contribution < 1.29 is 14.7 Å². The molecule has 0 bridgehead atoms. The molecule has 5 nitrogen and oxygen atoms in total. The fraction of sp³-hybridized carbons (Fsp3) is 0.429. The second-order valence-electron chi connectivity index (χ2n) is 4.60. The van der Waals surface area contributed by atoms with Crippen LogP contribution in [0.4, 0.5) is 0 Å². The van der Waals surface area contributed by atoms with Crippen LogP contribution in [0.2, 0.25) is 0 Å². The normalized spacial score (nSPS) is 17.5. The second kappa shape index (κ2) is 6.55. The Balaban J connectivity index is 1.98. The van der Waals surface area contributed by atoms with Crippen molar-refractivity contribution in [3.05, 3.63) is 21.9 Å². The second-order valence-corrected chi connectivity index (χ2v) is 5.51. The molecule has 2 N–H and O–H groups in total. The van der Waals surface area contributed by atoms with Gasteiger partial charge in [0.2, 0.25) is 5.91 Å². The van der Waals surface area contributed by atoms with Gasteiger partial charge in [-0.25, -0.2) is 0 Å². The number of carbonyl (C=O) groups is 2. The number of likely N-dealkylation sites (tertiary alicyclic amines) is 1. The lowest BCUT2D eigenvalue weighted by Crippen LogP contribution is -2.37. The molecule has 1 atom stereocenters. The molecule has 0 saturated carbocycles. The molecule has 1 unspecified atom stereocenters. The summed E-state index contributed by atoms with van der Waals surface area (Å²) in [4.78, 5) is 25.8. The van der Waals surface area contributed by atoms with Gasteiger partial charge in [0.15, 0.2) is 0 Å². The fourth-order valence-electron chi connectivity index (χ4n) is 2.17. The number of thiophene rings is 1. The van der Waals surface area contributed by atoms with Gasteiger partial charge in [0.05, 0.1) is 10.4 Å². The molecule has 2 amide bonds. The summed E-state index contributed by atoms with van der Waals surface area (Å²) < 4.78 is 0. The van der Waals surface area contributed by atoms with Gasteiger partial charge in [-0.1, -0.05) is 11.8 Å². The summed E-state index contributed by atoms with van der Waals surface area (Å²) in [5, 5.41) is 13.2. The largest absolute Gasteiger partial charge is 0.384 e.